The Labute approximate surface area is 190 Å². The summed E-state index contributed by atoms with van der Waals surface area (Å²) in [7, 11) is 0. The van der Waals surface area contributed by atoms with Gasteiger partial charge in [0.25, 0.3) is 0 Å². The minimum Gasteiger partial charge on any atom is -0.392 e. The van der Waals surface area contributed by atoms with E-state index in [0.717, 1.165) is 51.7 Å². The van der Waals surface area contributed by atoms with Crippen molar-refractivity contribution in [1.82, 2.24) is 0 Å². The summed E-state index contributed by atoms with van der Waals surface area (Å²) >= 11 is 0. The van der Waals surface area contributed by atoms with E-state index in [-0.39, 0.29) is 24.8 Å². The van der Waals surface area contributed by atoms with Crippen LogP contribution in [0.4, 0.5) is 0 Å². The van der Waals surface area contributed by atoms with E-state index in [0.29, 0.717) is 30.3 Å². The molecule has 7 fully saturated rings. The lowest BCUT2D eigenvalue weighted by molar-refractivity contribution is -0.279. The Morgan fingerprint density at radius 3 is 2.41 bits per heavy atom. The Balaban J connectivity index is 1.22. The minimum absolute atomic E-state index is 0.217. The highest BCUT2D eigenvalue weighted by Gasteiger charge is 2.78. The molecule has 3 spiro atoms. The molecule has 7 rings (SSSR count). The molecule has 3 heterocycles. The van der Waals surface area contributed by atoms with Crippen LogP contribution in [0.3, 0.4) is 0 Å². The first-order valence-electron chi connectivity index (χ1n) is 12.8. The third-order valence-corrected chi connectivity index (χ3v) is 11.6. The third kappa shape index (κ3) is 2.32. The Bertz CT molecular complexity index is 771. The largest absolute Gasteiger partial charge is 0.392 e. The summed E-state index contributed by atoms with van der Waals surface area (Å²) in [6, 6.07) is 0. The van der Waals surface area contributed by atoms with Gasteiger partial charge in [-0.2, -0.15) is 0 Å². The Morgan fingerprint density at radius 1 is 0.812 bits per heavy atom. The molecule has 1 N–H and O–H groups in total. The molecule has 0 aromatic carbocycles. The quantitative estimate of drug-likeness (QED) is 0.607. The normalized spacial score (nSPS) is 58.4. The van der Waals surface area contributed by atoms with Crippen LogP contribution in [-0.2, 0) is 28.4 Å². The van der Waals surface area contributed by atoms with Gasteiger partial charge in [-0.25, -0.2) is 0 Å². The molecule has 7 heteroatoms. The molecule has 3 saturated heterocycles. The number of aliphatic hydroxyl groups excluding tert-OH is 1. The summed E-state index contributed by atoms with van der Waals surface area (Å²) in [4.78, 5) is 0. The predicted molar refractivity (Wildman–Crippen MR) is 112 cm³/mol. The van der Waals surface area contributed by atoms with Crippen LogP contribution in [-0.4, -0.2) is 61.8 Å². The average Bonchev–Trinajstić information content (AvgIpc) is 3.56. The summed E-state index contributed by atoms with van der Waals surface area (Å²) in [5, 5.41) is 11.9. The number of fused-ring (bicyclic) bond motifs is 7. The highest BCUT2D eigenvalue weighted by molar-refractivity contribution is 5.23. The monoisotopic (exact) mass is 450 g/mol. The summed E-state index contributed by atoms with van der Waals surface area (Å²) in [5.41, 5.74) is -0.792. The molecule has 4 unspecified atom stereocenters. The van der Waals surface area contributed by atoms with E-state index in [9.17, 15) is 5.11 Å². The van der Waals surface area contributed by atoms with Gasteiger partial charge in [0, 0.05) is 18.3 Å². The smallest absolute Gasteiger partial charge is 0.226 e. The molecule has 180 valence electrons. The molecule has 4 saturated carbocycles. The van der Waals surface area contributed by atoms with Gasteiger partial charge in [0.15, 0.2) is 19.4 Å². The first-order chi connectivity index (χ1) is 15.4. The van der Waals surface area contributed by atoms with E-state index in [2.05, 4.69) is 13.8 Å². The summed E-state index contributed by atoms with van der Waals surface area (Å²) in [5.74, 6) is 0.935. The standard InChI is InChI=1S/C25H38O7/c1-21-7-8-23(28-9-10-29-23)12-16(21)3-4-17-18-5-6-24(22(18,2)20(26)11-19(17)21)25(32-15-30-24)13-27-14-31-25/h16-20,26H,3-15H2,1-2H3/t16-,17?,18?,19?,20+,21+,22-,24-,25?/m1/s1. The summed E-state index contributed by atoms with van der Waals surface area (Å²) < 4.78 is 36.5. The van der Waals surface area contributed by atoms with Gasteiger partial charge < -0.3 is 33.5 Å². The van der Waals surface area contributed by atoms with E-state index in [4.69, 9.17) is 28.4 Å². The first kappa shape index (κ1) is 21.0. The molecule has 32 heavy (non-hydrogen) atoms. The van der Waals surface area contributed by atoms with Gasteiger partial charge in [-0.05, 0) is 67.6 Å². The lowest BCUT2D eigenvalue weighted by atomic mass is 9.43. The van der Waals surface area contributed by atoms with Crippen molar-refractivity contribution in [1.29, 1.82) is 0 Å². The summed E-state index contributed by atoms with van der Waals surface area (Å²) in [6.45, 7) is 7.06. The van der Waals surface area contributed by atoms with Crippen molar-refractivity contribution in [3.05, 3.63) is 0 Å². The van der Waals surface area contributed by atoms with Crippen molar-refractivity contribution in [3.8, 4) is 0 Å². The maximum Gasteiger partial charge on any atom is 0.226 e. The molecule has 0 radical (unpaired) electrons. The Hall–Kier alpha value is -0.280. The lowest BCUT2D eigenvalue weighted by Gasteiger charge is -2.64. The molecule has 4 aliphatic carbocycles. The van der Waals surface area contributed by atoms with E-state index in [1.165, 1.54) is 12.8 Å². The second-order valence-electron chi connectivity index (χ2n) is 12.1. The van der Waals surface area contributed by atoms with Crippen LogP contribution in [0.25, 0.3) is 0 Å². The Morgan fingerprint density at radius 2 is 1.62 bits per heavy atom. The van der Waals surface area contributed by atoms with E-state index in [1.54, 1.807) is 0 Å². The molecule has 3 aliphatic heterocycles. The van der Waals surface area contributed by atoms with Crippen LogP contribution < -0.4 is 0 Å². The van der Waals surface area contributed by atoms with Gasteiger partial charge in [0.05, 0.1) is 19.3 Å². The maximum atomic E-state index is 11.9. The van der Waals surface area contributed by atoms with Gasteiger partial charge in [0.2, 0.25) is 5.79 Å². The van der Waals surface area contributed by atoms with Gasteiger partial charge in [-0.15, -0.1) is 0 Å². The fourth-order valence-corrected chi connectivity index (χ4v) is 9.90. The molecule has 0 amide bonds. The van der Waals surface area contributed by atoms with E-state index >= 15 is 0 Å². The van der Waals surface area contributed by atoms with Crippen LogP contribution in [0.2, 0.25) is 0 Å². The second-order valence-corrected chi connectivity index (χ2v) is 12.1. The molecule has 0 bridgehead atoms. The average molecular weight is 451 g/mol. The van der Waals surface area contributed by atoms with Crippen molar-refractivity contribution in [2.24, 2.45) is 34.5 Å². The predicted octanol–water partition coefficient (Wildman–Crippen LogP) is 3.19. The fraction of sp³-hybridized carbons (Fsp3) is 1.00. The maximum absolute atomic E-state index is 11.9. The highest BCUT2D eigenvalue weighted by atomic mass is 16.9. The van der Waals surface area contributed by atoms with Gasteiger partial charge in [-0.3, -0.25) is 0 Å². The minimum atomic E-state index is -0.875. The number of hydrogen-bond donors (Lipinski definition) is 1. The van der Waals surface area contributed by atoms with Crippen LogP contribution >= 0.6 is 0 Å². The van der Waals surface area contributed by atoms with Crippen molar-refractivity contribution in [2.75, 3.05) is 33.4 Å². The molecule has 9 atom stereocenters. The second kappa shape index (κ2) is 6.68. The van der Waals surface area contributed by atoms with Crippen LogP contribution in [0.1, 0.15) is 65.2 Å². The van der Waals surface area contributed by atoms with Gasteiger partial charge >= 0.3 is 0 Å². The Kier molecular flexibility index (Phi) is 4.39. The zero-order valence-electron chi connectivity index (χ0n) is 19.5. The SMILES string of the molecule is C[C@]12CCC3(C[C@H]1CCC1C2C[C@H](O)[C@@]2(C)C1CC[C@@]21OCOC12COCO2)OCCO3. The third-order valence-electron chi connectivity index (χ3n) is 11.6. The van der Waals surface area contributed by atoms with Crippen molar-refractivity contribution in [2.45, 2.75) is 88.5 Å². The number of rotatable bonds is 0. The van der Waals surface area contributed by atoms with Crippen LogP contribution in [0.15, 0.2) is 0 Å². The van der Waals surface area contributed by atoms with Crippen molar-refractivity contribution < 1.29 is 33.5 Å². The molecule has 7 nitrogen and oxygen atoms in total. The first-order valence-corrected chi connectivity index (χ1v) is 12.8. The zero-order valence-corrected chi connectivity index (χ0v) is 19.5. The van der Waals surface area contributed by atoms with Crippen molar-refractivity contribution >= 4 is 0 Å². The molecule has 7 aliphatic rings. The van der Waals surface area contributed by atoms with Gasteiger partial charge in [0.1, 0.15) is 12.2 Å². The van der Waals surface area contributed by atoms with Gasteiger partial charge in [-0.1, -0.05) is 13.8 Å². The van der Waals surface area contributed by atoms with Crippen LogP contribution in [0, 0.1) is 34.5 Å². The highest BCUT2D eigenvalue weighted by Crippen LogP contribution is 2.72. The molecule has 0 aromatic heterocycles. The molecule has 0 aromatic rings. The van der Waals surface area contributed by atoms with E-state index < -0.39 is 22.9 Å². The topological polar surface area (TPSA) is 75.6 Å². The van der Waals surface area contributed by atoms with E-state index in [1.807, 2.05) is 0 Å². The molecular formula is C25H38O7. The number of ether oxygens (including phenoxy) is 6. The van der Waals surface area contributed by atoms with Crippen LogP contribution in [0.5, 0.6) is 0 Å². The molecular weight excluding hydrogens is 412 g/mol. The lowest BCUT2D eigenvalue weighted by Crippen LogP contribution is -2.68. The van der Waals surface area contributed by atoms with Crippen molar-refractivity contribution in [3.63, 3.8) is 0 Å². The number of hydrogen-bond acceptors (Lipinski definition) is 7. The summed E-state index contributed by atoms with van der Waals surface area (Å²) in [6.07, 6.45) is 7.88. The fourth-order valence-electron chi connectivity index (χ4n) is 9.90. The number of aliphatic hydroxyl groups is 1. The zero-order chi connectivity index (χ0) is 21.8.